The first-order valence-corrected chi connectivity index (χ1v) is 4.22. The second kappa shape index (κ2) is 4.04. The summed E-state index contributed by atoms with van der Waals surface area (Å²) in [5, 5.41) is 12.3. The first-order valence-electron chi connectivity index (χ1n) is 4.22. The Bertz CT molecular complexity index is 468. The molecule has 0 aliphatic heterocycles. The van der Waals surface area contributed by atoms with E-state index in [2.05, 4.69) is 4.98 Å². The van der Waals surface area contributed by atoms with E-state index in [1.165, 1.54) is 0 Å². The van der Waals surface area contributed by atoms with Crippen LogP contribution in [0, 0.1) is 13.8 Å². The largest absolute Gasteiger partial charge is 1.00 e. The van der Waals surface area contributed by atoms with Crippen molar-refractivity contribution in [2.45, 2.75) is 13.8 Å². The molecule has 0 N–H and O–H groups in total. The maximum atomic E-state index is 11.4. The fraction of sp³-hybridized carbons (Fsp3) is 0.182. The van der Waals surface area contributed by atoms with Crippen LogP contribution in [-0.2, 0) is 0 Å². The van der Waals surface area contributed by atoms with Crippen molar-refractivity contribution in [3.63, 3.8) is 0 Å². The predicted molar refractivity (Wildman–Crippen MR) is 50.7 cm³/mol. The van der Waals surface area contributed by atoms with Crippen molar-refractivity contribution < 1.29 is 24.0 Å². The summed E-state index contributed by atoms with van der Waals surface area (Å²) in [4.78, 5) is 4.26. The Morgan fingerprint density at radius 1 is 1.21 bits per heavy atom. The number of aromatic nitrogens is 1. The van der Waals surface area contributed by atoms with Gasteiger partial charge in [-0.3, -0.25) is 4.98 Å². The van der Waals surface area contributed by atoms with Crippen LogP contribution in [0.3, 0.4) is 0 Å². The summed E-state index contributed by atoms with van der Waals surface area (Å²) in [6.45, 7) is 3.92. The second-order valence-corrected chi connectivity index (χ2v) is 3.22. The third-order valence-corrected chi connectivity index (χ3v) is 2.25. The van der Waals surface area contributed by atoms with Gasteiger partial charge in [-0.2, -0.15) is 0 Å². The van der Waals surface area contributed by atoms with Gasteiger partial charge >= 0.3 is 18.9 Å². The van der Waals surface area contributed by atoms with Crippen molar-refractivity contribution >= 4 is 10.9 Å². The molecule has 0 fully saturated rings. The van der Waals surface area contributed by atoms with Crippen LogP contribution in [0.4, 0.5) is 0 Å². The Hall–Kier alpha value is -0.973. The van der Waals surface area contributed by atoms with E-state index in [-0.39, 0.29) is 24.6 Å². The second-order valence-electron chi connectivity index (χ2n) is 3.22. The normalized spacial score (nSPS) is 9.86. The first kappa shape index (κ1) is 11.1. The van der Waals surface area contributed by atoms with E-state index in [1.54, 1.807) is 12.1 Å². The van der Waals surface area contributed by atoms with E-state index in [0.717, 1.165) is 16.6 Å². The van der Waals surface area contributed by atoms with E-state index in [4.69, 9.17) is 0 Å². The van der Waals surface area contributed by atoms with Crippen molar-refractivity contribution in [1.29, 1.82) is 0 Å². The van der Waals surface area contributed by atoms with Gasteiger partial charge < -0.3 is 5.11 Å². The van der Waals surface area contributed by atoms with E-state index in [9.17, 15) is 5.11 Å². The molecule has 2 rings (SSSR count). The molecule has 1 aromatic heterocycles. The summed E-state index contributed by atoms with van der Waals surface area (Å²) in [6.07, 6.45) is 0. The molecule has 14 heavy (non-hydrogen) atoms. The van der Waals surface area contributed by atoms with Crippen LogP contribution >= 0.6 is 0 Å². The van der Waals surface area contributed by atoms with E-state index in [0.29, 0.717) is 5.52 Å². The smallest absolute Gasteiger partial charge is 0.871 e. The number of hydrogen-bond donors (Lipinski definition) is 0. The number of aryl methyl sites for hydroxylation is 2. The van der Waals surface area contributed by atoms with Gasteiger partial charge in [0.15, 0.2) is 0 Å². The monoisotopic (exact) mass is 179 g/mol. The van der Waals surface area contributed by atoms with Gasteiger partial charge in [0.1, 0.15) is 0 Å². The molecule has 0 aliphatic carbocycles. The molecule has 0 unspecified atom stereocenters. The third-order valence-electron chi connectivity index (χ3n) is 2.25. The Balaban J connectivity index is 0.000000980. The molecule has 0 saturated carbocycles. The number of pyridine rings is 1. The topological polar surface area (TPSA) is 36.0 Å². The van der Waals surface area contributed by atoms with Gasteiger partial charge in [0.25, 0.3) is 0 Å². The zero-order valence-electron chi connectivity index (χ0n) is 8.66. The molecule has 0 aliphatic rings. The minimum absolute atomic E-state index is 0. The number of benzene rings is 1. The minimum Gasteiger partial charge on any atom is -0.871 e. The number of fused-ring (bicyclic) bond motifs is 1. The van der Waals surface area contributed by atoms with Gasteiger partial charge in [-0.1, -0.05) is 23.9 Å². The van der Waals surface area contributed by atoms with Crippen LogP contribution < -0.4 is 24.0 Å². The van der Waals surface area contributed by atoms with Gasteiger partial charge in [0.2, 0.25) is 0 Å². The molecule has 0 saturated heterocycles. The number of para-hydroxylation sites is 1. The van der Waals surface area contributed by atoms with Crippen molar-refractivity contribution in [2.75, 3.05) is 0 Å². The van der Waals surface area contributed by atoms with Crippen LogP contribution in [0.2, 0.25) is 0 Å². The molecule has 66 valence electrons. The summed E-state index contributed by atoms with van der Waals surface area (Å²) >= 11 is 0. The van der Waals surface area contributed by atoms with Crippen LogP contribution in [0.5, 0.6) is 5.75 Å². The zero-order chi connectivity index (χ0) is 9.42. The third kappa shape index (κ3) is 1.77. The summed E-state index contributed by atoms with van der Waals surface area (Å²) in [6, 6.07) is 7.22. The molecule has 0 spiro atoms. The Morgan fingerprint density at radius 2 is 1.93 bits per heavy atom. The summed E-state index contributed by atoms with van der Waals surface area (Å²) in [5.41, 5.74) is 2.62. The molecule has 0 atom stereocenters. The van der Waals surface area contributed by atoms with Gasteiger partial charge in [0, 0.05) is 5.69 Å². The quantitative estimate of drug-likeness (QED) is 0.483. The van der Waals surface area contributed by atoms with Crippen molar-refractivity contribution in [3.05, 3.63) is 35.5 Å². The zero-order valence-corrected chi connectivity index (χ0v) is 8.66. The van der Waals surface area contributed by atoms with Gasteiger partial charge in [-0.05, 0) is 30.9 Å². The average Bonchev–Trinajstić information content (AvgIpc) is 2.09. The van der Waals surface area contributed by atoms with E-state index in [1.807, 2.05) is 26.0 Å². The molecule has 2 aromatic rings. The molecule has 2 nitrogen and oxygen atoms in total. The molecular formula is C11H10LiNO. The van der Waals surface area contributed by atoms with Crippen LogP contribution in [0.15, 0.2) is 24.3 Å². The number of rotatable bonds is 0. The van der Waals surface area contributed by atoms with Crippen LogP contribution in [0.1, 0.15) is 11.3 Å². The molecule has 0 radical (unpaired) electrons. The maximum absolute atomic E-state index is 11.4. The standard InChI is InChI=1S/C11H11NO.Li/c1-7-6-9-4-3-5-10(13)11(9)12-8(7)2;/h3-6,13H,1-2H3;/q;+1/p-1. The average molecular weight is 179 g/mol. The van der Waals surface area contributed by atoms with Gasteiger partial charge in [-0.15, -0.1) is 0 Å². The van der Waals surface area contributed by atoms with Crippen molar-refractivity contribution in [2.24, 2.45) is 0 Å². The summed E-state index contributed by atoms with van der Waals surface area (Å²) in [5.74, 6) is 0.000556. The molecule has 1 heterocycles. The molecule has 3 heteroatoms. The molecular weight excluding hydrogens is 169 g/mol. The predicted octanol–water partition coefficient (Wildman–Crippen LogP) is -1.07. The van der Waals surface area contributed by atoms with Gasteiger partial charge in [0.05, 0.1) is 5.52 Å². The summed E-state index contributed by atoms with van der Waals surface area (Å²) in [7, 11) is 0. The summed E-state index contributed by atoms with van der Waals surface area (Å²) < 4.78 is 0. The Kier molecular flexibility index (Phi) is 3.20. The fourth-order valence-corrected chi connectivity index (χ4v) is 1.37. The number of hydrogen-bond acceptors (Lipinski definition) is 2. The maximum Gasteiger partial charge on any atom is 1.00 e. The molecule has 1 aromatic carbocycles. The molecule has 0 bridgehead atoms. The first-order chi connectivity index (χ1) is 6.18. The fourth-order valence-electron chi connectivity index (χ4n) is 1.37. The Morgan fingerprint density at radius 3 is 2.64 bits per heavy atom. The van der Waals surface area contributed by atoms with E-state index >= 15 is 0 Å². The van der Waals surface area contributed by atoms with Crippen LogP contribution in [0.25, 0.3) is 10.9 Å². The number of nitrogens with zero attached hydrogens (tertiary/aromatic N) is 1. The van der Waals surface area contributed by atoms with Gasteiger partial charge in [-0.25, -0.2) is 0 Å². The van der Waals surface area contributed by atoms with Crippen molar-refractivity contribution in [3.8, 4) is 5.75 Å². The van der Waals surface area contributed by atoms with Crippen molar-refractivity contribution in [1.82, 2.24) is 4.98 Å². The van der Waals surface area contributed by atoms with E-state index < -0.39 is 0 Å². The Labute approximate surface area is 95.2 Å². The SMILES string of the molecule is Cc1cc2cccc([O-])c2nc1C.[Li+]. The van der Waals surface area contributed by atoms with Crippen LogP contribution in [-0.4, -0.2) is 4.98 Å². The minimum atomic E-state index is 0. The molecule has 0 amide bonds.